The number of terminal acetylenes is 1. The van der Waals surface area contributed by atoms with Crippen molar-refractivity contribution < 1.29 is 17.9 Å². The highest BCUT2D eigenvalue weighted by Gasteiger charge is 2.33. The van der Waals surface area contributed by atoms with Crippen molar-refractivity contribution in [3.05, 3.63) is 59.4 Å². The zero-order valence-corrected chi connectivity index (χ0v) is 16.1. The number of nitrogens with two attached hydrogens (primary N) is 1. The van der Waals surface area contributed by atoms with Gasteiger partial charge in [-0.3, -0.25) is 0 Å². The van der Waals surface area contributed by atoms with Gasteiger partial charge in [0.25, 0.3) is 0 Å². The number of benzene rings is 2. The second-order valence-electron chi connectivity index (χ2n) is 6.48. The summed E-state index contributed by atoms with van der Waals surface area (Å²) in [6.45, 7) is 0. The van der Waals surface area contributed by atoms with Crippen LogP contribution in [0, 0.1) is 18.2 Å². The molecule has 0 bridgehead atoms. The summed E-state index contributed by atoms with van der Waals surface area (Å²) in [6.07, 6.45) is 5.29. The summed E-state index contributed by atoms with van der Waals surface area (Å²) in [6, 6.07) is 9.98. The summed E-state index contributed by atoms with van der Waals surface area (Å²) in [7, 11) is -1.22. The zero-order valence-electron chi connectivity index (χ0n) is 15.3. The molecule has 1 unspecified atom stereocenters. The van der Waals surface area contributed by atoms with Crippen LogP contribution in [0.4, 0.5) is 10.3 Å². The van der Waals surface area contributed by atoms with Crippen LogP contribution >= 0.6 is 0 Å². The lowest BCUT2D eigenvalue weighted by Gasteiger charge is -2.27. The normalized spacial score (nSPS) is 14.1. The van der Waals surface area contributed by atoms with E-state index >= 15 is 0 Å². The molecular formula is C19H19FN4O3S. The molecule has 146 valence electrons. The van der Waals surface area contributed by atoms with E-state index in [2.05, 4.69) is 10.9 Å². The third-order valence-corrected chi connectivity index (χ3v) is 6.24. The Hall–Kier alpha value is -2.93. The molecule has 0 aliphatic rings. The highest BCUT2D eigenvalue weighted by Crippen LogP contribution is 2.35. The number of imidazole rings is 1. The van der Waals surface area contributed by atoms with Gasteiger partial charge in [0.05, 0.1) is 11.0 Å². The lowest BCUT2D eigenvalue weighted by Crippen LogP contribution is -2.30. The highest BCUT2D eigenvalue weighted by molar-refractivity contribution is 7.87. The number of nitrogen functional groups attached to an aromatic ring is 1. The summed E-state index contributed by atoms with van der Waals surface area (Å²) < 4.78 is 40.9. The van der Waals surface area contributed by atoms with Gasteiger partial charge in [0.1, 0.15) is 11.4 Å². The molecule has 9 heteroatoms. The smallest absolute Gasteiger partial charge is 0.310 e. The maximum Gasteiger partial charge on any atom is 0.310 e. The Bertz CT molecular complexity index is 1200. The monoisotopic (exact) mass is 402 g/mol. The minimum atomic E-state index is -3.96. The quantitative estimate of drug-likeness (QED) is 0.632. The van der Waals surface area contributed by atoms with E-state index in [1.807, 2.05) is 0 Å². The molecule has 0 aliphatic carbocycles. The summed E-state index contributed by atoms with van der Waals surface area (Å²) in [4.78, 5) is 4.07. The van der Waals surface area contributed by atoms with Crippen molar-refractivity contribution in [3.63, 3.8) is 0 Å². The average Bonchev–Trinajstić information content (AvgIpc) is 2.97. The van der Waals surface area contributed by atoms with Gasteiger partial charge in [-0.2, -0.15) is 16.7 Å². The molecule has 2 aromatic carbocycles. The SMILES string of the molecule is C#CCC(O)(c1cccc(F)c1)c1ccc2nc(N)n(S(=O)(=O)N(C)C)c2c1. The van der Waals surface area contributed by atoms with Crippen molar-refractivity contribution in [1.29, 1.82) is 0 Å². The van der Waals surface area contributed by atoms with Gasteiger partial charge >= 0.3 is 10.2 Å². The van der Waals surface area contributed by atoms with E-state index in [1.54, 1.807) is 12.1 Å². The summed E-state index contributed by atoms with van der Waals surface area (Å²) >= 11 is 0. The minimum Gasteiger partial charge on any atom is -0.379 e. The molecule has 1 heterocycles. The van der Waals surface area contributed by atoms with E-state index in [9.17, 15) is 17.9 Å². The molecule has 0 amide bonds. The van der Waals surface area contributed by atoms with E-state index in [1.165, 1.54) is 44.4 Å². The first-order chi connectivity index (χ1) is 13.1. The van der Waals surface area contributed by atoms with Crippen LogP contribution in [0.1, 0.15) is 17.5 Å². The first-order valence-corrected chi connectivity index (χ1v) is 9.64. The van der Waals surface area contributed by atoms with E-state index in [-0.39, 0.29) is 23.4 Å². The molecule has 0 spiro atoms. The summed E-state index contributed by atoms with van der Waals surface area (Å²) in [5.74, 6) is 1.65. The summed E-state index contributed by atoms with van der Waals surface area (Å²) in [5, 5.41) is 11.3. The van der Waals surface area contributed by atoms with Gasteiger partial charge in [0.2, 0.25) is 5.95 Å². The van der Waals surface area contributed by atoms with Crippen molar-refractivity contribution in [2.24, 2.45) is 0 Å². The molecule has 0 fully saturated rings. The first kappa shape index (κ1) is 19.8. The second kappa shape index (κ2) is 6.91. The summed E-state index contributed by atoms with van der Waals surface area (Å²) in [5.41, 5.74) is 5.15. The van der Waals surface area contributed by atoms with Gasteiger partial charge in [-0.15, -0.1) is 12.3 Å². The molecule has 0 aliphatic heterocycles. The topological polar surface area (TPSA) is 101 Å². The predicted molar refractivity (Wildman–Crippen MR) is 105 cm³/mol. The number of aliphatic hydroxyl groups is 1. The molecule has 28 heavy (non-hydrogen) atoms. The number of hydrogen-bond acceptors (Lipinski definition) is 5. The van der Waals surface area contributed by atoms with E-state index in [0.29, 0.717) is 11.1 Å². The Labute approximate surface area is 162 Å². The van der Waals surface area contributed by atoms with Gasteiger partial charge in [-0.1, -0.05) is 18.2 Å². The minimum absolute atomic E-state index is 0.147. The number of halogens is 1. The number of fused-ring (bicyclic) bond motifs is 1. The molecule has 7 nitrogen and oxygen atoms in total. The van der Waals surface area contributed by atoms with Crippen LogP contribution in [0.3, 0.4) is 0 Å². The van der Waals surface area contributed by atoms with Gasteiger partial charge < -0.3 is 10.8 Å². The molecule has 0 radical (unpaired) electrons. The zero-order chi connectivity index (χ0) is 20.7. The Morgan fingerprint density at radius 3 is 2.57 bits per heavy atom. The molecule has 1 atom stereocenters. The number of aromatic nitrogens is 2. The Kier molecular flexibility index (Phi) is 4.89. The van der Waals surface area contributed by atoms with Gasteiger partial charge in [-0.25, -0.2) is 9.37 Å². The van der Waals surface area contributed by atoms with Gasteiger partial charge in [0, 0.05) is 20.5 Å². The highest BCUT2D eigenvalue weighted by atomic mass is 32.2. The van der Waals surface area contributed by atoms with Crippen LogP contribution in [0.25, 0.3) is 11.0 Å². The second-order valence-corrected chi connectivity index (χ2v) is 8.47. The van der Waals surface area contributed by atoms with E-state index < -0.39 is 21.6 Å². The van der Waals surface area contributed by atoms with Crippen molar-refractivity contribution in [1.82, 2.24) is 13.3 Å². The van der Waals surface area contributed by atoms with Crippen molar-refractivity contribution in [2.75, 3.05) is 19.8 Å². The fourth-order valence-electron chi connectivity index (χ4n) is 3.00. The van der Waals surface area contributed by atoms with Gasteiger partial charge in [-0.05, 0) is 35.4 Å². The van der Waals surface area contributed by atoms with Crippen LogP contribution in [-0.4, -0.2) is 40.9 Å². The molecule has 0 saturated heterocycles. The van der Waals surface area contributed by atoms with E-state index in [0.717, 1.165) is 8.28 Å². The Morgan fingerprint density at radius 1 is 1.29 bits per heavy atom. The maximum absolute atomic E-state index is 13.7. The Morgan fingerprint density at radius 2 is 1.96 bits per heavy atom. The number of hydrogen-bond donors (Lipinski definition) is 2. The van der Waals surface area contributed by atoms with Crippen molar-refractivity contribution in [3.8, 4) is 12.3 Å². The van der Waals surface area contributed by atoms with E-state index in [4.69, 9.17) is 12.2 Å². The number of anilines is 1. The van der Waals surface area contributed by atoms with Crippen LogP contribution in [-0.2, 0) is 15.8 Å². The largest absolute Gasteiger partial charge is 0.379 e. The van der Waals surface area contributed by atoms with Crippen LogP contribution < -0.4 is 5.73 Å². The Balaban J connectivity index is 2.30. The fraction of sp³-hybridized carbons (Fsp3) is 0.211. The van der Waals surface area contributed by atoms with Crippen molar-refractivity contribution in [2.45, 2.75) is 12.0 Å². The molecule has 0 saturated carbocycles. The third kappa shape index (κ3) is 3.11. The third-order valence-electron chi connectivity index (χ3n) is 4.47. The predicted octanol–water partition coefficient (Wildman–Crippen LogP) is 1.67. The lowest BCUT2D eigenvalue weighted by molar-refractivity contribution is 0.0863. The molecular weight excluding hydrogens is 383 g/mol. The first-order valence-electron chi connectivity index (χ1n) is 8.24. The average molecular weight is 402 g/mol. The van der Waals surface area contributed by atoms with Crippen LogP contribution in [0.15, 0.2) is 42.5 Å². The number of rotatable bonds is 5. The lowest BCUT2D eigenvalue weighted by atomic mass is 9.83. The molecule has 1 aromatic heterocycles. The molecule has 3 aromatic rings. The van der Waals surface area contributed by atoms with Crippen LogP contribution in [0.5, 0.6) is 0 Å². The molecule has 3 N–H and O–H groups in total. The number of nitrogens with zero attached hydrogens (tertiary/aromatic N) is 3. The van der Waals surface area contributed by atoms with Crippen LogP contribution in [0.2, 0.25) is 0 Å². The standard InChI is InChI=1S/C19H19FN4O3S/c1-4-10-19(25,13-6-5-7-15(20)11-13)14-8-9-16-17(12-14)24(18(21)22-16)28(26,27)23(2)3/h1,5-9,11-12,25H,10H2,2-3H3,(H2,21,22). The van der Waals surface area contributed by atoms with Gasteiger partial charge in [0.15, 0.2) is 0 Å². The maximum atomic E-state index is 13.7. The fourth-order valence-corrected chi connectivity index (χ4v) is 4.00. The molecule has 3 rings (SSSR count). The van der Waals surface area contributed by atoms with Crippen molar-refractivity contribution >= 4 is 27.2 Å².